The van der Waals surface area contributed by atoms with E-state index in [2.05, 4.69) is 10.2 Å². The molecule has 0 spiro atoms. The number of primary amides is 1. The highest BCUT2D eigenvalue weighted by molar-refractivity contribution is 5.95. The molecule has 2 aliphatic heterocycles. The molecule has 1 atom stereocenters. The van der Waals surface area contributed by atoms with Crippen molar-refractivity contribution in [3.63, 3.8) is 0 Å². The first-order valence-corrected chi connectivity index (χ1v) is 9.26. The number of nitrogens with one attached hydrogen (secondary N) is 1. The van der Waals surface area contributed by atoms with Crippen LogP contribution >= 0.6 is 0 Å². The molecule has 1 aromatic carbocycles. The Hall–Kier alpha value is -1.96. The number of hydrogen-bond acceptors (Lipinski definition) is 5. The zero-order valence-corrected chi connectivity index (χ0v) is 15.1. The zero-order valence-electron chi connectivity index (χ0n) is 15.1. The van der Waals surface area contributed by atoms with Crippen molar-refractivity contribution < 1.29 is 14.3 Å². The summed E-state index contributed by atoms with van der Waals surface area (Å²) in [6.45, 7) is 2.95. The van der Waals surface area contributed by atoms with Gasteiger partial charge in [-0.1, -0.05) is 12.1 Å². The van der Waals surface area contributed by atoms with Crippen LogP contribution in [0.3, 0.4) is 0 Å². The Labute approximate surface area is 154 Å². The Bertz CT molecular complexity index is 658. The molecule has 2 aliphatic rings. The molecule has 2 heterocycles. The molecule has 5 N–H and O–H groups in total. The molecule has 1 aromatic rings. The molecule has 1 unspecified atom stereocenters. The topological polar surface area (TPSA) is 111 Å². The molecule has 0 saturated carbocycles. The summed E-state index contributed by atoms with van der Waals surface area (Å²) in [6.07, 6.45) is 3.07. The molecule has 142 valence electrons. The quantitative estimate of drug-likeness (QED) is 0.696. The van der Waals surface area contributed by atoms with Crippen molar-refractivity contribution in [1.29, 1.82) is 0 Å². The summed E-state index contributed by atoms with van der Waals surface area (Å²) >= 11 is 0. The third-order valence-electron chi connectivity index (χ3n) is 5.58. The van der Waals surface area contributed by atoms with Crippen LogP contribution in [0.15, 0.2) is 24.3 Å². The van der Waals surface area contributed by atoms with Crippen molar-refractivity contribution in [1.82, 2.24) is 4.90 Å². The van der Waals surface area contributed by atoms with Gasteiger partial charge in [-0.3, -0.25) is 14.5 Å². The van der Waals surface area contributed by atoms with Crippen molar-refractivity contribution in [2.24, 2.45) is 16.9 Å². The third-order valence-corrected chi connectivity index (χ3v) is 5.58. The van der Waals surface area contributed by atoms with E-state index in [-0.39, 0.29) is 17.9 Å². The Balaban J connectivity index is 1.67. The number of rotatable bonds is 6. The van der Waals surface area contributed by atoms with Crippen molar-refractivity contribution in [3.05, 3.63) is 29.8 Å². The fraction of sp³-hybridized carbons (Fsp3) is 0.579. The molecule has 0 aliphatic carbocycles. The highest BCUT2D eigenvalue weighted by atomic mass is 16.5. The van der Waals surface area contributed by atoms with Crippen LogP contribution in [0.2, 0.25) is 0 Å². The summed E-state index contributed by atoms with van der Waals surface area (Å²) in [7, 11) is 0. The molecule has 0 aromatic heterocycles. The number of benzene rings is 1. The number of likely N-dealkylation sites (tertiary alicyclic amines) is 1. The summed E-state index contributed by atoms with van der Waals surface area (Å²) < 4.78 is 5.37. The molecular weight excluding hydrogens is 332 g/mol. The lowest BCUT2D eigenvalue weighted by Crippen LogP contribution is -2.46. The van der Waals surface area contributed by atoms with E-state index in [1.807, 2.05) is 24.3 Å². The smallest absolute Gasteiger partial charge is 0.234 e. The van der Waals surface area contributed by atoms with Crippen molar-refractivity contribution in [2.75, 3.05) is 31.6 Å². The first-order chi connectivity index (χ1) is 12.5. The van der Waals surface area contributed by atoms with Crippen molar-refractivity contribution in [2.45, 2.75) is 38.3 Å². The van der Waals surface area contributed by atoms with E-state index < -0.39 is 5.41 Å². The summed E-state index contributed by atoms with van der Waals surface area (Å²) in [4.78, 5) is 26.5. The molecule has 7 nitrogen and oxygen atoms in total. The highest BCUT2D eigenvalue weighted by Crippen LogP contribution is 2.31. The van der Waals surface area contributed by atoms with Gasteiger partial charge in [0.1, 0.15) is 0 Å². The van der Waals surface area contributed by atoms with Gasteiger partial charge >= 0.3 is 0 Å². The molecule has 0 radical (unpaired) electrons. The van der Waals surface area contributed by atoms with E-state index in [0.717, 1.165) is 30.6 Å². The molecule has 26 heavy (non-hydrogen) atoms. The number of carbonyl (C=O) groups excluding carboxylic acids is 2. The molecule has 0 bridgehead atoms. The summed E-state index contributed by atoms with van der Waals surface area (Å²) in [5.41, 5.74) is 12.6. The lowest BCUT2D eigenvalue weighted by Gasteiger charge is -2.34. The van der Waals surface area contributed by atoms with Gasteiger partial charge in [0.2, 0.25) is 11.8 Å². The first kappa shape index (κ1) is 18.8. The monoisotopic (exact) mass is 360 g/mol. The van der Waals surface area contributed by atoms with Crippen LogP contribution in [-0.2, 0) is 20.9 Å². The third kappa shape index (κ3) is 4.06. The van der Waals surface area contributed by atoms with Crippen LogP contribution in [0.25, 0.3) is 0 Å². The number of ether oxygens (including phenoxy) is 1. The second-order valence-corrected chi connectivity index (χ2v) is 7.28. The van der Waals surface area contributed by atoms with Gasteiger partial charge in [-0.15, -0.1) is 0 Å². The van der Waals surface area contributed by atoms with Gasteiger partial charge in [0.25, 0.3) is 0 Å². The minimum atomic E-state index is -0.555. The van der Waals surface area contributed by atoms with Crippen LogP contribution in [-0.4, -0.2) is 49.1 Å². The average molecular weight is 360 g/mol. The van der Waals surface area contributed by atoms with Gasteiger partial charge in [-0.25, -0.2) is 0 Å². The van der Waals surface area contributed by atoms with Gasteiger partial charge in [0.05, 0.1) is 11.5 Å². The molecule has 2 saturated heterocycles. The van der Waals surface area contributed by atoms with Crippen LogP contribution in [0.5, 0.6) is 0 Å². The van der Waals surface area contributed by atoms with E-state index in [1.54, 1.807) is 0 Å². The van der Waals surface area contributed by atoms with Crippen LogP contribution in [0.4, 0.5) is 5.69 Å². The van der Waals surface area contributed by atoms with Gasteiger partial charge in [0.15, 0.2) is 0 Å². The van der Waals surface area contributed by atoms with E-state index in [0.29, 0.717) is 39.1 Å². The summed E-state index contributed by atoms with van der Waals surface area (Å²) in [6, 6.07) is 7.55. The van der Waals surface area contributed by atoms with Crippen molar-refractivity contribution in [3.8, 4) is 0 Å². The van der Waals surface area contributed by atoms with Crippen molar-refractivity contribution >= 4 is 17.5 Å². The Morgan fingerprint density at radius 1 is 1.31 bits per heavy atom. The Morgan fingerprint density at radius 2 is 2.08 bits per heavy atom. The van der Waals surface area contributed by atoms with Gasteiger partial charge in [-0.05, 0) is 49.9 Å². The molecular formula is C19H28N4O3. The Kier molecular flexibility index (Phi) is 5.90. The number of anilines is 1. The molecule has 2 fully saturated rings. The van der Waals surface area contributed by atoms with Crippen LogP contribution in [0.1, 0.15) is 31.2 Å². The van der Waals surface area contributed by atoms with Gasteiger partial charge in [0, 0.05) is 32.0 Å². The number of hydrogen-bond donors (Lipinski definition) is 3. The molecule has 7 heteroatoms. The van der Waals surface area contributed by atoms with E-state index in [4.69, 9.17) is 16.2 Å². The predicted octanol–water partition coefficient (Wildman–Crippen LogP) is 0.830. The van der Waals surface area contributed by atoms with E-state index >= 15 is 0 Å². The van der Waals surface area contributed by atoms with Crippen LogP contribution in [0, 0.1) is 5.41 Å². The second kappa shape index (κ2) is 8.16. The fourth-order valence-corrected chi connectivity index (χ4v) is 3.87. The zero-order chi connectivity index (χ0) is 18.6. The van der Waals surface area contributed by atoms with Gasteiger partial charge in [-0.2, -0.15) is 0 Å². The Morgan fingerprint density at radius 3 is 2.77 bits per heavy atom. The van der Waals surface area contributed by atoms with E-state index in [1.165, 1.54) is 0 Å². The standard InChI is InChI=1S/C19H28N4O3/c20-13-19(6-9-26-10-7-19)18(25)22-15-4-1-3-14(11-15)12-23-8-2-5-16(23)17(21)24/h1,3-4,11,16H,2,5-10,12-13,20H2,(H2,21,24)(H,22,25). The van der Waals surface area contributed by atoms with Crippen LogP contribution < -0.4 is 16.8 Å². The second-order valence-electron chi connectivity index (χ2n) is 7.28. The molecule has 2 amide bonds. The van der Waals surface area contributed by atoms with Gasteiger partial charge < -0.3 is 21.5 Å². The summed E-state index contributed by atoms with van der Waals surface area (Å²) in [5.74, 6) is -0.312. The number of nitrogens with two attached hydrogens (primary N) is 2. The fourth-order valence-electron chi connectivity index (χ4n) is 3.87. The lowest BCUT2D eigenvalue weighted by molar-refractivity contribution is -0.130. The predicted molar refractivity (Wildman–Crippen MR) is 99.2 cm³/mol. The average Bonchev–Trinajstić information content (AvgIpc) is 3.11. The minimum absolute atomic E-state index is 0.0448. The highest BCUT2D eigenvalue weighted by Gasteiger charge is 2.38. The number of amides is 2. The number of nitrogens with zero attached hydrogens (tertiary/aromatic N) is 1. The summed E-state index contributed by atoms with van der Waals surface area (Å²) in [5, 5.41) is 3.02. The number of carbonyl (C=O) groups is 2. The SMILES string of the molecule is NCC1(C(=O)Nc2cccc(CN3CCCC3C(N)=O)c2)CCOCC1. The lowest BCUT2D eigenvalue weighted by atomic mass is 9.79. The minimum Gasteiger partial charge on any atom is -0.381 e. The maximum absolute atomic E-state index is 12.8. The molecule has 3 rings (SSSR count). The normalized spacial score (nSPS) is 22.9. The maximum Gasteiger partial charge on any atom is 0.234 e. The largest absolute Gasteiger partial charge is 0.381 e. The first-order valence-electron chi connectivity index (χ1n) is 9.26. The maximum atomic E-state index is 12.8. The van der Waals surface area contributed by atoms with E-state index in [9.17, 15) is 9.59 Å².